The second-order valence-electron chi connectivity index (χ2n) is 6.26. The van der Waals surface area contributed by atoms with Gasteiger partial charge < -0.3 is 15.0 Å². The standard InChI is InChI=1S/C21H19ClN2O3/c1-3-14-5-4-6-18(9-14)24(12-20(25)23-2)21(26)16-10-15-11-17(22)7-8-19(15)27-13-16/h1,4-9,11,16H,10,12-13H2,2H3,(H,23,25). The number of fused-ring (bicyclic) bond motifs is 1. The molecule has 0 spiro atoms. The third kappa shape index (κ3) is 4.24. The fourth-order valence-electron chi connectivity index (χ4n) is 3.02. The Labute approximate surface area is 163 Å². The van der Waals surface area contributed by atoms with E-state index in [-0.39, 0.29) is 25.0 Å². The van der Waals surface area contributed by atoms with Crippen LogP contribution in [0.5, 0.6) is 5.75 Å². The molecule has 0 aliphatic carbocycles. The first-order valence-corrected chi connectivity index (χ1v) is 8.89. The van der Waals surface area contributed by atoms with Gasteiger partial charge >= 0.3 is 0 Å². The van der Waals surface area contributed by atoms with Crippen molar-refractivity contribution in [1.29, 1.82) is 0 Å². The van der Waals surface area contributed by atoms with E-state index in [2.05, 4.69) is 11.2 Å². The van der Waals surface area contributed by atoms with E-state index < -0.39 is 5.92 Å². The van der Waals surface area contributed by atoms with Crippen LogP contribution in [0.25, 0.3) is 0 Å². The van der Waals surface area contributed by atoms with Gasteiger partial charge in [0.2, 0.25) is 11.8 Å². The van der Waals surface area contributed by atoms with E-state index >= 15 is 0 Å². The third-order valence-electron chi connectivity index (χ3n) is 4.45. The first-order chi connectivity index (χ1) is 13.0. The first kappa shape index (κ1) is 18.8. The van der Waals surface area contributed by atoms with Crippen molar-refractivity contribution in [3.8, 4) is 18.1 Å². The lowest BCUT2D eigenvalue weighted by Crippen LogP contribution is -2.45. The Kier molecular flexibility index (Phi) is 5.68. The van der Waals surface area contributed by atoms with Crippen molar-refractivity contribution in [2.45, 2.75) is 6.42 Å². The lowest BCUT2D eigenvalue weighted by atomic mass is 9.95. The Morgan fingerprint density at radius 3 is 2.89 bits per heavy atom. The number of rotatable bonds is 4. The summed E-state index contributed by atoms with van der Waals surface area (Å²) in [7, 11) is 1.53. The molecule has 0 radical (unpaired) electrons. The average Bonchev–Trinajstić information content (AvgIpc) is 2.70. The molecule has 2 aromatic carbocycles. The molecule has 2 aromatic rings. The van der Waals surface area contributed by atoms with Gasteiger partial charge in [0.15, 0.2) is 0 Å². The number of anilines is 1. The number of likely N-dealkylation sites (N-methyl/N-ethyl adjacent to an activating group) is 1. The van der Waals surface area contributed by atoms with Crippen LogP contribution in [0.15, 0.2) is 42.5 Å². The maximum absolute atomic E-state index is 13.2. The van der Waals surface area contributed by atoms with Gasteiger partial charge in [-0.2, -0.15) is 0 Å². The van der Waals surface area contributed by atoms with Crippen LogP contribution in [0, 0.1) is 18.3 Å². The number of nitrogens with zero attached hydrogens (tertiary/aromatic N) is 1. The molecule has 5 nitrogen and oxygen atoms in total. The van der Waals surface area contributed by atoms with Crippen molar-refractivity contribution in [3.63, 3.8) is 0 Å². The van der Waals surface area contributed by atoms with Crippen LogP contribution in [0.3, 0.4) is 0 Å². The summed E-state index contributed by atoms with van der Waals surface area (Å²) in [5.74, 6) is 2.40. The number of hydrogen-bond acceptors (Lipinski definition) is 3. The molecule has 1 aliphatic heterocycles. The van der Waals surface area contributed by atoms with E-state index in [0.29, 0.717) is 22.7 Å². The smallest absolute Gasteiger partial charge is 0.239 e. The first-order valence-electron chi connectivity index (χ1n) is 8.51. The molecule has 27 heavy (non-hydrogen) atoms. The van der Waals surface area contributed by atoms with Crippen molar-refractivity contribution in [2.75, 3.05) is 25.1 Å². The van der Waals surface area contributed by atoms with Gasteiger partial charge in [-0.1, -0.05) is 23.6 Å². The Bertz CT molecular complexity index is 920. The molecular formula is C21H19ClN2O3. The van der Waals surface area contributed by atoms with Crippen molar-refractivity contribution in [3.05, 3.63) is 58.6 Å². The lowest BCUT2D eigenvalue weighted by Gasteiger charge is -2.30. The summed E-state index contributed by atoms with van der Waals surface area (Å²) in [4.78, 5) is 26.7. The molecule has 138 valence electrons. The molecule has 2 amide bonds. The van der Waals surface area contributed by atoms with Gasteiger partial charge in [0.05, 0.1) is 5.92 Å². The quantitative estimate of drug-likeness (QED) is 0.827. The molecule has 0 aromatic heterocycles. The lowest BCUT2D eigenvalue weighted by molar-refractivity contribution is -0.126. The molecule has 1 aliphatic rings. The van der Waals surface area contributed by atoms with Crippen molar-refractivity contribution in [2.24, 2.45) is 5.92 Å². The van der Waals surface area contributed by atoms with Crippen LogP contribution in [0.2, 0.25) is 5.02 Å². The highest BCUT2D eigenvalue weighted by Crippen LogP contribution is 2.31. The van der Waals surface area contributed by atoms with E-state index in [9.17, 15) is 9.59 Å². The van der Waals surface area contributed by atoms with Crippen LogP contribution in [-0.2, 0) is 16.0 Å². The van der Waals surface area contributed by atoms with Crippen molar-refractivity contribution >= 4 is 29.1 Å². The van der Waals surface area contributed by atoms with Crippen LogP contribution >= 0.6 is 11.6 Å². The van der Waals surface area contributed by atoms with E-state index in [1.54, 1.807) is 42.5 Å². The van der Waals surface area contributed by atoms with E-state index in [0.717, 1.165) is 11.3 Å². The van der Waals surface area contributed by atoms with Crippen LogP contribution in [0.1, 0.15) is 11.1 Å². The number of amides is 2. The number of ether oxygens (including phenoxy) is 1. The SMILES string of the molecule is C#Cc1cccc(N(CC(=O)NC)C(=O)C2COc3ccc(Cl)cc3C2)c1. The fourth-order valence-corrected chi connectivity index (χ4v) is 3.22. The molecule has 0 saturated heterocycles. The Morgan fingerprint density at radius 2 is 2.15 bits per heavy atom. The van der Waals surface area contributed by atoms with Crippen molar-refractivity contribution < 1.29 is 14.3 Å². The van der Waals surface area contributed by atoms with Crippen LogP contribution in [-0.4, -0.2) is 32.0 Å². The molecule has 0 saturated carbocycles. The zero-order valence-electron chi connectivity index (χ0n) is 14.9. The molecule has 0 bridgehead atoms. The maximum atomic E-state index is 13.2. The highest BCUT2D eigenvalue weighted by molar-refractivity contribution is 6.30. The number of halogens is 1. The van der Waals surface area contributed by atoms with E-state index in [1.807, 2.05) is 0 Å². The Balaban J connectivity index is 1.89. The summed E-state index contributed by atoms with van der Waals surface area (Å²) in [6.07, 6.45) is 5.96. The van der Waals surface area contributed by atoms with Crippen LogP contribution in [0.4, 0.5) is 5.69 Å². The summed E-state index contributed by atoms with van der Waals surface area (Å²) >= 11 is 6.06. The number of benzene rings is 2. The largest absolute Gasteiger partial charge is 0.492 e. The minimum atomic E-state index is -0.421. The summed E-state index contributed by atoms with van der Waals surface area (Å²) in [6, 6.07) is 12.4. The summed E-state index contributed by atoms with van der Waals surface area (Å²) in [6.45, 7) is 0.148. The average molecular weight is 383 g/mol. The molecule has 6 heteroatoms. The molecule has 1 N–H and O–H groups in total. The Hall–Kier alpha value is -2.97. The van der Waals surface area contributed by atoms with Gasteiger partial charge in [-0.05, 0) is 48.4 Å². The van der Waals surface area contributed by atoms with Gasteiger partial charge in [0.25, 0.3) is 0 Å². The molecule has 1 atom stereocenters. The van der Waals surface area contributed by atoms with Crippen LogP contribution < -0.4 is 15.0 Å². The highest BCUT2D eigenvalue weighted by Gasteiger charge is 2.31. The highest BCUT2D eigenvalue weighted by atomic mass is 35.5. The number of nitrogens with one attached hydrogen (secondary N) is 1. The van der Waals surface area contributed by atoms with Gasteiger partial charge in [-0.15, -0.1) is 6.42 Å². The zero-order chi connectivity index (χ0) is 19.4. The predicted molar refractivity (Wildman–Crippen MR) is 105 cm³/mol. The number of carbonyl (C=O) groups excluding carboxylic acids is 2. The minimum absolute atomic E-state index is 0.0950. The van der Waals surface area contributed by atoms with Gasteiger partial charge in [0.1, 0.15) is 18.9 Å². The predicted octanol–water partition coefficient (Wildman–Crippen LogP) is 2.65. The minimum Gasteiger partial charge on any atom is -0.492 e. The molecular weight excluding hydrogens is 364 g/mol. The van der Waals surface area contributed by atoms with Crippen molar-refractivity contribution in [1.82, 2.24) is 5.32 Å². The monoisotopic (exact) mass is 382 g/mol. The molecule has 1 unspecified atom stereocenters. The van der Waals surface area contributed by atoms with Gasteiger partial charge in [0, 0.05) is 23.3 Å². The van der Waals surface area contributed by atoms with E-state index in [1.165, 1.54) is 11.9 Å². The summed E-state index contributed by atoms with van der Waals surface area (Å²) in [5, 5.41) is 3.14. The fraction of sp³-hybridized carbons (Fsp3) is 0.238. The topological polar surface area (TPSA) is 58.6 Å². The third-order valence-corrected chi connectivity index (χ3v) is 4.68. The number of hydrogen-bond donors (Lipinski definition) is 1. The number of terminal acetylenes is 1. The molecule has 1 heterocycles. The normalized spacial score (nSPS) is 15.1. The zero-order valence-corrected chi connectivity index (χ0v) is 15.6. The van der Waals surface area contributed by atoms with Gasteiger partial charge in [-0.25, -0.2) is 0 Å². The maximum Gasteiger partial charge on any atom is 0.239 e. The molecule has 0 fully saturated rings. The molecule has 3 rings (SSSR count). The number of carbonyl (C=O) groups is 2. The second-order valence-corrected chi connectivity index (χ2v) is 6.69. The Morgan fingerprint density at radius 1 is 1.33 bits per heavy atom. The summed E-state index contributed by atoms with van der Waals surface area (Å²) in [5.41, 5.74) is 2.10. The van der Waals surface area contributed by atoms with E-state index in [4.69, 9.17) is 22.8 Å². The van der Waals surface area contributed by atoms with Gasteiger partial charge in [-0.3, -0.25) is 9.59 Å². The second kappa shape index (κ2) is 8.15. The summed E-state index contributed by atoms with van der Waals surface area (Å²) < 4.78 is 5.74.